The number of unbranched alkanes of at least 4 members (excludes halogenated alkanes) is 20. The highest BCUT2D eigenvalue weighted by molar-refractivity contribution is 7.47. The third-order valence-electron chi connectivity index (χ3n) is 13.6. The molecule has 0 fully saturated rings. The highest BCUT2D eigenvalue weighted by atomic mass is 31.2. The molecule has 0 bridgehead atoms. The highest BCUT2D eigenvalue weighted by Crippen LogP contribution is 2.43. The zero-order valence-electron chi connectivity index (χ0n) is 53.8. The Balaban J connectivity index is 3.96. The molecule has 0 aromatic heterocycles. The Bertz CT molecular complexity index is 2000. The molecule has 9 nitrogen and oxygen atoms in total. The van der Waals surface area contributed by atoms with E-state index in [2.05, 4.69) is 184 Å². The average Bonchev–Trinajstić information content (AvgIpc) is 3.53. The summed E-state index contributed by atoms with van der Waals surface area (Å²) < 4.78 is 33.1. The van der Waals surface area contributed by atoms with Gasteiger partial charge >= 0.3 is 19.8 Å². The molecule has 480 valence electrons. The molecule has 2 atom stereocenters. The Hall–Kier alpha value is -4.63. The Morgan fingerprint density at radius 3 is 0.918 bits per heavy atom. The molecule has 0 amide bonds. The molecule has 0 rings (SSSR count). The van der Waals surface area contributed by atoms with Crippen LogP contribution in [0.15, 0.2) is 170 Å². The zero-order chi connectivity index (χ0) is 61.6. The third-order valence-corrected chi connectivity index (χ3v) is 14.6. The van der Waals surface area contributed by atoms with Gasteiger partial charge in [0, 0.05) is 19.4 Å². The number of rotatable bonds is 61. The Kier molecular flexibility index (Phi) is 64.8. The van der Waals surface area contributed by atoms with Crippen LogP contribution in [0.2, 0.25) is 0 Å². The lowest BCUT2D eigenvalue weighted by Crippen LogP contribution is -2.29. The van der Waals surface area contributed by atoms with Crippen LogP contribution in [0.4, 0.5) is 0 Å². The van der Waals surface area contributed by atoms with Crippen molar-refractivity contribution in [3.8, 4) is 0 Å². The summed E-state index contributed by atoms with van der Waals surface area (Å²) in [6.45, 7) is 3.47. The van der Waals surface area contributed by atoms with E-state index in [0.717, 1.165) is 128 Å². The molecule has 0 aliphatic rings. The summed E-state index contributed by atoms with van der Waals surface area (Å²) in [4.78, 5) is 35.3. The van der Waals surface area contributed by atoms with E-state index in [0.29, 0.717) is 12.8 Å². The summed E-state index contributed by atoms with van der Waals surface area (Å²) >= 11 is 0. The molecule has 0 aliphatic heterocycles. The van der Waals surface area contributed by atoms with Gasteiger partial charge in [-0.05, 0) is 128 Å². The third kappa shape index (κ3) is 68.4. The van der Waals surface area contributed by atoms with Gasteiger partial charge in [-0.2, -0.15) is 0 Å². The SMILES string of the molecule is CC/C=C\C/C=C\C/C=C\C/C=C\C/C=C\C/C=C\C/C=C\CCCCCCCCCCCCCCCCCCCC(=O)OC(COC(=O)CCCCC/C=C\C/C=C\C/C=C\C/C=C\C/C=C\C/C=C\C/C=C\CC)COP(=O)(O)OCCN. The lowest BCUT2D eigenvalue weighted by atomic mass is 10.0. The fourth-order valence-corrected chi connectivity index (χ4v) is 9.48. The molecule has 0 aromatic rings. The average molecular weight is 1200 g/mol. The monoisotopic (exact) mass is 1200 g/mol. The predicted octanol–water partition coefficient (Wildman–Crippen LogP) is 22.2. The van der Waals surface area contributed by atoms with Gasteiger partial charge in [-0.3, -0.25) is 18.6 Å². The van der Waals surface area contributed by atoms with E-state index in [-0.39, 0.29) is 32.6 Å². The van der Waals surface area contributed by atoms with E-state index in [9.17, 15) is 19.0 Å². The van der Waals surface area contributed by atoms with Crippen LogP contribution in [-0.2, 0) is 32.7 Å². The summed E-state index contributed by atoms with van der Waals surface area (Å²) in [7, 11) is -4.41. The maximum absolute atomic E-state index is 12.8. The molecule has 3 N–H and O–H groups in total. The van der Waals surface area contributed by atoms with E-state index in [1.807, 2.05) is 0 Å². The van der Waals surface area contributed by atoms with Crippen molar-refractivity contribution in [2.45, 2.75) is 264 Å². The number of ether oxygens (including phenoxy) is 2. The van der Waals surface area contributed by atoms with E-state index in [1.165, 1.54) is 89.9 Å². The van der Waals surface area contributed by atoms with Crippen LogP contribution in [0, 0.1) is 0 Å². The van der Waals surface area contributed by atoms with Gasteiger partial charge in [0.05, 0.1) is 13.2 Å². The van der Waals surface area contributed by atoms with E-state index in [4.69, 9.17) is 24.3 Å². The predicted molar refractivity (Wildman–Crippen MR) is 366 cm³/mol. The maximum atomic E-state index is 12.8. The van der Waals surface area contributed by atoms with Gasteiger partial charge < -0.3 is 20.1 Å². The van der Waals surface area contributed by atoms with Gasteiger partial charge in [0.15, 0.2) is 6.10 Å². The molecule has 0 aromatic carbocycles. The lowest BCUT2D eigenvalue weighted by molar-refractivity contribution is -0.161. The maximum Gasteiger partial charge on any atom is 0.472 e. The minimum absolute atomic E-state index is 0.0409. The first kappa shape index (κ1) is 80.4. The molecule has 85 heavy (non-hydrogen) atoms. The number of allylic oxidation sites excluding steroid dienone is 28. The zero-order valence-corrected chi connectivity index (χ0v) is 54.7. The van der Waals surface area contributed by atoms with Crippen LogP contribution in [0.5, 0.6) is 0 Å². The smallest absolute Gasteiger partial charge is 0.462 e. The number of hydrogen-bond acceptors (Lipinski definition) is 8. The summed E-state index contributed by atoms with van der Waals surface area (Å²) in [5.74, 6) is -0.872. The molecule has 0 saturated carbocycles. The molecule has 0 spiro atoms. The van der Waals surface area contributed by atoms with Gasteiger partial charge in [-0.25, -0.2) is 4.57 Å². The minimum Gasteiger partial charge on any atom is -0.462 e. The number of nitrogens with two attached hydrogens (primary N) is 1. The number of phosphoric acid groups is 1. The summed E-state index contributed by atoms with van der Waals surface area (Å²) in [5, 5.41) is 0. The van der Waals surface area contributed by atoms with Crippen molar-refractivity contribution in [3.63, 3.8) is 0 Å². The fourth-order valence-electron chi connectivity index (χ4n) is 8.71. The Morgan fingerprint density at radius 2 is 0.612 bits per heavy atom. The lowest BCUT2D eigenvalue weighted by Gasteiger charge is -2.19. The number of carbonyl (C=O) groups is 2. The summed E-state index contributed by atoms with van der Waals surface area (Å²) in [6, 6.07) is 0. The van der Waals surface area contributed by atoms with Crippen molar-refractivity contribution in [1.29, 1.82) is 0 Å². The number of hydrogen-bond donors (Lipinski definition) is 2. The fraction of sp³-hybridized carbons (Fsp3) is 0.600. The van der Waals surface area contributed by atoms with Crippen molar-refractivity contribution in [1.82, 2.24) is 0 Å². The first-order valence-electron chi connectivity index (χ1n) is 33.6. The van der Waals surface area contributed by atoms with Crippen LogP contribution in [0.25, 0.3) is 0 Å². The molecule has 0 radical (unpaired) electrons. The van der Waals surface area contributed by atoms with Gasteiger partial charge in [0.2, 0.25) is 0 Å². The number of carbonyl (C=O) groups excluding carboxylic acids is 2. The normalized spacial score (nSPS) is 14.1. The molecule has 2 unspecified atom stereocenters. The molecule has 10 heteroatoms. The highest BCUT2D eigenvalue weighted by Gasteiger charge is 2.26. The van der Waals surface area contributed by atoms with E-state index >= 15 is 0 Å². The van der Waals surface area contributed by atoms with Gasteiger partial charge in [-0.15, -0.1) is 0 Å². The van der Waals surface area contributed by atoms with Crippen LogP contribution in [0.3, 0.4) is 0 Å². The van der Waals surface area contributed by atoms with Crippen LogP contribution < -0.4 is 5.73 Å². The van der Waals surface area contributed by atoms with Crippen molar-refractivity contribution >= 4 is 19.8 Å². The van der Waals surface area contributed by atoms with Gasteiger partial charge in [-0.1, -0.05) is 287 Å². The standard InChI is InChI=1S/C75H122NO8P/c1-3-5-7-9-11-13-15-17-19-21-23-25-27-29-30-31-32-33-34-35-36-37-38-39-40-41-42-44-46-48-50-52-54-56-58-60-62-64-66-68-75(78)84-73(72-83-85(79,80)82-70-69-76)71-81-74(77)67-65-63-61-59-57-55-53-51-49-47-45-43-28-26-24-22-20-18-16-14-12-10-8-6-4-2/h5-8,11-14,17-20,23-26,29-30,32-33,35-36,43,45,49,51,55,57,73H,3-4,9-10,15-16,21-22,27-28,31,34,37-42,44,46-48,50,52-54,56,58-72,76H2,1-2H3,(H,79,80)/b7-5-,8-6-,13-11-,14-12-,19-17-,20-18-,25-23-,26-24-,30-29-,33-32-,36-35-,45-43-,51-49-,57-55-. The van der Waals surface area contributed by atoms with Crippen LogP contribution in [0.1, 0.15) is 258 Å². The molecular formula is C75H122NO8P. The van der Waals surface area contributed by atoms with E-state index in [1.54, 1.807) is 0 Å². The van der Waals surface area contributed by atoms with E-state index < -0.39 is 32.5 Å². The number of esters is 2. The quantitative estimate of drug-likeness (QED) is 0.0264. The van der Waals surface area contributed by atoms with Gasteiger partial charge in [0.25, 0.3) is 0 Å². The largest absolute Gasteiger partial charge is 0.472 e. The second-order valence-corrected chi connectivity index (χ2v) is 23.0. The number of phosphoric ester groups is 1. The van der Waals surface area contributed by atoms with Crippen LogP contribution in [-0.4, -0.2) is 49.3 Å². The second kappa shape index (κ2) is 68.5. The van der Waals surface area contributed by atoms with Crippen molar-refractivity contribution in [2.24, 2.45) is 5.73 Å². The van der Waals surface area contributed by atoms with Crippen LogP contribution >= 0.6 is 7.82 Å². The summed E-state index contributed by atoms with van der Waals surface area (Å²) in [5.41, 5.74) is 5.39. The van der Waals surface area contributed by atoms with Gasteiger partial charge in [0.1, 0.15) is 6.61 Å². The minimum atomic E-state index is -4.41. The molecule has 0 aliphatic carbocycles. The molecule has 0 heterocycles. The first-order chi connectivity index (χ1) is 41.8. The Labute approximate surface area is 521 Å². The topological polar surface area (TPSA) is 134 Å². The summed E-state index contributed by atoms with van der Waals surface area (Å²) in [6.07, 6.45) is 101. The van der Waals surface area contributed by atoms with Crippen molar-refractivity contribution in [3.05, 3.63) is 170 Å². The molecule has 0 saturated heterocycles. The first-order valence-corrected chi connectivity index (χ1v) is 35.1. The Morgan fingerprint density at radius 1 is 0.353 bits per heavy atom. The second-order valence-electron chi connectivity index (χ2n) is 21.6. The van der Waals surface area contributed by atoms with Crippen molar-refractivity contribution < 1.29 is 37.6 Å². The van der Waals surface area contributed by atoms with Crippen molar-refractivity contribution in [2.75, 3.05) is 26.4 Å². The molecular weight excluding hydrogens is 1070 g/mol.